The number of thioether (sulfide) groups is 1. The van der Waals surface area contributed by atoms with Gasteiger partial charge in [-0.2, -0.15) is 11.8 Å². The summed E-state index contributed by atoms with van der Waals surface area (Å²) in [4.78, 5) is 25.3. The Morgan fingerprint density at radius 1 is 0.933 bits per heavy atom. The summed E-state index contributed by atoms with van der Waals surface area (Å²) in [6.07, 6.45) is 8.06. The minimum absolute atomic E-state index is 0.0393. The number of ether oxygens (including phenoxy) is 3. The number of hydrogen-bond acceptors (Lipinski definition) is 6. The molecule has 0 aromatic heterocycles. The van der Waals surface area contributed by atoms with Crippen molar-refractivity contribution in [2.75, 3.05) is 19.1 Å². The average molecular weight is 634 g/mol. The highest BCUT2D eigenvalue weighted by Crippen LogP contribution is 2.32. The lowest BCUT2D eigenvalue weighted by Crippen LogP contribution is -2.41. The molecule has 0 radical (unpaired) electrons. The third kappa shape index (κ3) is 9.83. The zero-order valence-corrected chi connectivity index (χ0v) is 27.7. The molecular weight excluding hydrogens is 586 g/mol. The number of aryl methyl sites for hydroxylation is 1. The third-order valence-electron chi connectivity index (χ3n) is 8.67. The van der Waals surface area contributed by atoms with E-state index in [9.17, 15) is 14.7 Å². The molecule has 0 heterocycles. The summed E-state index contributed by atoms with van der Waals surface area (Å²) < 4.78 is 18.4. The first-order valence-corrected chi connectivity index (χ1v) is 17.3. The molecular formula is C37H47NO6S. The molecule has 0 saturated heterocycles. The molecule has 0 aliphatic heterocycles. The van der Waals surface area contributed by atoms with Gasteiger partial charge in [-0.15, -0.1) is 0 Å². The Labute approximate surface area is 272 Å². The standard InChI is InChI=1S/C37H47NO6S/c1-25-10-8-9-13-31(25)33-22-28(16-19-32(33)36(39)38-34(37(40)41)20-21-45-4)24-43-26(2)35(29-11-6-5-7-12-29)44-23-27-14-17-30(42-3)18-15-27/h8-10,13-19,22,26,29,34-35H,5-7,11-12,20-21,23-24H2,1-4H3,(H,38,39)(H,40,41)/t26?,34-,35?/m0/s1. The number of carbonyl (C=O) groups is 2. The minimum Gasteiger partial charge on any atom is -0.497 e. The van der Waals surface area contributed by atoms with Gasteiger partial charge in [0.25, 0.3) is 5.91 Å². The van der Waals surface area contributed by atoms with Gasteiger partial charge in [-0.05, 0) is 103 Å². The highest BCUT2D eigenvalue weighted by atomic mass is 32.2. The van der Waals surface area contributed by atoms with Crippen molar-refractivity contribution in [3.05, 3.63) is 89.0 Å². The number of hydrogen-bond donors (Lipinski definition) is 2. The van der Waals surface area contributed by atoms with E-state index >= 15 is 0 Å². The van der Waals surface area contributed by atoms with E-state index in [1.54, 1.807) is 24.9 Å². The van der Waals surface area contributed by atoms with Gasteiger partial charge in [0.1, 0.15) is 11.8 Å². The average Bonchev–Trinajstić information content (AvgIpc) is 3.06. The Morgan fingerprint density at radius 2 is 1.62 bits per heavy atom. The van der Waals surface area contributed by atoms with E-state index in [-0.39, 0.29) is 12.2 Å². The lowest BCUT2D eigenvalue weighted by atomic mass is 9.83. The first kappa shape index (κ1) is 34.5. The fourth-order valence-electron chi connectivity index (χ4n) is 6.06. The summed E-state index contributed by atoms with van der Waals surface area (Å²) >= 11 is 1.55. The predicted molar refractivity (Wildman–Crippen MR) is 181 cm³/mol. The van der Waals surface area contributed by atoms with Crippen LogP contribution in [0.4, 0.5) is 0 Å². The Hall–Kier alpha value is -3.33. The van der Waals surface area contributed by atoms with Crippen molar-refractivity contribution in [1.82, 2.24) is 5.32 Å². The van der Waals surface area contributed by atoms with Gasteiger partial charge in [-0.1, -0.05) is 61.7 Å². The van der Waals surface area contributed by atoms with Crippen LogP contribution in [-0.4, -0.2) is 54.4 Å². The molecule has 2 unspecified atom stereocenters. The van der Waals surface area contributed by atoms with Crippen LogP contribution in [0.5, 0.6) is 5.75 Å². The highest BCUT2D eigenvalue weighted by molar-refractivity contribution is 7.98. The van der Waals surface area contributed by atoms with Crippen LogP contribution in [0.3, 0.4) is 0 Å². The van der Waals surface area contributed by atoms with E-state index < -0.39 is 17.9 Å². The van der Waals surface area contributed by atoms with E-state index in [4.69, 9.17) is 14.2 Å². The number of amides is 1. The van der Waals surface area contributed by atoms with E-state index in [0.717, 1.165) is 46.4 Å². The first-order chi connectivity index (χ1) is 21.8. The van der Waals surface area contributed by atoms with Gasteiger partial charge in [0, 0.05) is 5.56 Å². The largest absolute Gasteiger partial charge is 0.497 e. The number of benzene rings is 3. The molecule has 4 rings (SSSR count). The number of carboxylic acids is 1. The monoisotopic (exact) mass is 633 g/mol. The Balaban J connectivity index is 1.52. The summed E-state index contributed by atoms with van der Waals surface area (Å²) in [5.74, 6) is 0.476. The van der Waals surface area contributed by atoms with Crippen LogP contribution in [0.1, 0.15) is 72.5 Å². The lowest BCUT2D eigenvalue weighted by molar-refractivity contribution is -0.139. The summed E-state index contributed by atoms with van der Waals surface area (Å²) in [6.45, 7) is 4.98. The van der Waals surface area contributed by atoms with Crippen molar-refractivity contribution in [3.8, 4) is 16.9 Å². The summed E-state index contributed by atoms with van der Waals surface area (Å²) in [7, 11) is 1.67. The normalized spacial score (nSPS) is 15.6. The Kier molecular flexibility index (Phi) is 13.3. The van der Waals surface area contributed by atoms with Crippen molar-refractivity contribution < 1.29 is 28.9 Å². The zero-order valence-electron chi connectivity index (χ0n) is 26.9. The SMILES string of the molecule is COc1ccc(COC(C2CCCCC2)C(C)OCc2ccc(C(=O)N[C@@H](CCSC)C(=O)O)c(-c3ccccc3C)c2)cc1. The smallest absolute Gasteiger partial charge is 0.326 e. The van der Waals surface area contributed by atoms with Gasteiger partial charge in [0.05, 0.1) is 32.5 Å². The van der Waals surface area contributed by atoms with E-state index in [0.29, 0.717) is 36.9 Å². The molecule has 3 aromatic carbocycles. The van der Waals surface area contributed by atoms with Crippen LogP contribution >= 0.6 is 11.8 Å². The number of aliphatic carboxylic acids is 1. The fourth-order valence-corrected chi connectivity index (χ4v) is 6.53. The number of carbonyl (C=O) groups excluding carboxylic acids is 1. The number of rotatable bonds is 16. The topological polar surface area (TPSA) is 94.1 Å². The molecule has 2 N–H and O–H groups in total. The highest BCUT2D eigenvalue weighted by Gasteiger charge is 2.30. The molecule has 7 nitrogen and oxygen atoms in total. The number of methoxy groups -OCH3 is 1. The van der Waals surface area contributed by atoms with Crippen LogP contribution in [0, 0.1) is 12.8 Å². The molecule has 3 aromatic rings. The quantitative estimate of drug-likeness (QED) is 0.167. The van der Waals surface area contributed by atoms with Crippen molar-refractivity contribution >= 4 is 23.6 Å². The van der Waals surface area contributed by atoms with Crippen LogP contribution in [0.15, 0.2) is 66.7 Å². The number of nitrogens with one attached hydrogen (secondary N) is 1. The predicted octanol–water partition coefficient (Wildman–Crippen LogP) is 7.68. The van der Waals surface area contributed by atoms with Gasteiger partial charge in [0.15, 0.2) is 0 Å². The van der Waals surface area contributed by atoms with Gasteiger partial charge in [-0.25, -0.2) is 4.79 Å². The van der Waals surface area contributed by atoms with Gasteiger partial charge in [-0.3, -0.25) is 4.79 Å². The Bertz CT molecular complexity index is 1390. The van der Waals surface area contributed by atoms with Crippen LogP contribution in [-0.2, 0) is 27.5 Å². The van der Waals surface area contributed by atoms with E-state index in [2.05, 4.69) is 12.2 Å². The van der Waals surface area contributed by atoms with Crippen molar-refractivity contribution in [2.24, 2.45) is 5.92 Å². The molecule has 1 aliphatic rings. The molecule has 8 heteroatoms. The Morgan fingerprint density at radius 3 is 2.29 bits per heavy atom. The van der Waals surface area contributed by atoms with Crippen LogP contribution in [0.2, 0.25) is 0 Å². The van der Waals surface area contributed by atoms with E-state index in [1.165, 1.54) is 19.3 Å². The molecule has 242 valence electrons. The maximum atomic E-state index is 13.5. The van der Waals surface area contributed by atoms with Crippen LogP contribution < -0.4 is 10.1 Å². The molecule has 45 heavy (non-hydrogen) atoms. The van der Waals surface area contributed by atoms with Crippen molar-refractivity contribution in [3.63, 3.8) is 0 Å². The van der Waals surface area contributed by atoms with Crippen LogP contribution in [0.25, 0.3) is 11.1 Å². The van der Waals surface area contributed by atoms with E-state index in [1.807, 2.05) is 73.8 Å². The molecule has 1 aliphatic carbocycles. The van der Waals surface area contributed by atoms with Gasteiger partial charge in [0.2, 0.25) is 0 Å². The summed E-state index contributed by atoms with van der Waals surface area (Å²) in [5.41, 5.74) is 5.19. The maximum Gasteiger partial charge on any atom is 0.326 e. The molecule has 1 saturated carbocycles. The number of carboxylic acid groups (broad SMARTS) is 1. The van der Waals surface area contributed by atoms with Crippen molar-refractivity contribution in [2.45, 2.75) is 83.8 Å². The molecule has 0 bridgehead atoms. The second-order valence-corrected chi connectivity index (χ2v) is 12.9. The molecule has 3 atom stereocenters. The fraction of sp³-hybridized carbons (Fsp3) is 0.459. The second kappa shape index (κ2) is 17.4. The molecule has 1 amide bonds. The minimum atomic E-state index is -1.03. The summed E-state index contributed by atoms with van der Waals surface area (Å²) in [5, 5.41) is 12.4. The molecule has 0 spiro atoms. The first-order valence-electron chi connectivity index (χ1n) is 15.9. The zero-order chi connectivity index (χ0) is 32.2. The molecule has 1 fully saturated rings. The third-order valence-corrected chi connectivity index (χ3v) is 9.31. The second-order valence-electron chi connectivity index (χ2n) is 11.9. The maximum absolute atomic E-state index is 13.5. The van der Waals surface area contributed by atoms with Gasteiger partial charge < -0.3 is 24.6 Å². The summed E-state index contributed by atoms with van der Waals surface area (Å²) in [6, 6.07) is 20.6. The van der Waals surface area contributed by atoms with Gasteiger partial charge >= 0.3 is 5.97 Å². The lowest BCUT2D eigenvalue weighted by Gasteiger charge is -2.34. The van der Waals surface area contributed by atoms with Crippen molar-refractivity contribution in [1.29, 1.82) is 0 Å².